The van der Waals surface area contributed by atoms with Crippen LogP contribution in [0.1, 0.15) is 48.8 Å². The van der Waals surface area contributed by atoms with Gasteiger partial charge in [-0.2, -0.15) is 0 Å². The molecule has 6 heteroatoms. The molecule has 3 aromatic carbocycles. The third-order valence-corrected chi connectivity index (χ3v) is 8.20. The molecular formula is C32H37FN2O3. The molecule has 0 aromatic heterocycles. The fraction of sp³-hybridized carbons (Fsp3) is 0.406. The molecule has 0 spiro atoms. The molecule has 38 heavy (non-hydrogen) atoms. The Balaban J connectivity index is 1.30. The minimum atomic E-state index is -0.733. The van der Waals surface area contributed by atoms with Gasteiger partial charge in [0.1, 0.15) is 11.6 Å². The van der Waals surface area contributed by atoms with E-state index in [2.05, 4.69) is 47.1 Å². The normalized spacial score (nSPS) is 20.0. The molecule has 5 nitrogen and oxygen atoms in total. The number of rotatable bonds is 8. The second-order valence-corrected chi connectivity index (χ2v) is 10.7. The van der Waals surface area contributed by atoms with Gasteiger partial charge in [-0.1, -0.05) is 36.8 Å². The molecule has 1 N–H and O–H groups in total. The van der Waals surface area contributed by atoms with Crippen molar-refractivity contribution in [2.75, 3.05) is 31.6 Å². The van der Waals surface area contributed by atoms with Gasteiger partial charge in [0.15, 0.2) is 0 Å². The Morgan fingerprint density at radius 3 is 2.47 bits per heavy atom. The number of halogens is 1. The number of hydrogen-bond donors (Lipinski definition) is 1. The summed E-state index contributed by atoms with van der Waals surface area (Å²) in [5.74, 6) is -0.364. The Labute approximate surface area is 224 Å². The van der Waals surface area contributed by atoms with Gasteiger partial charge in [0.2, 0.25) is 0 Å². The third kappa shape index (κ3) is 5.86. The highest BCUT2D eigenvalue weighted by molar-refractivity contribution is 5.69. The van der Waals surface area contributed by atoms with Crippen molar-refractivity contribution in [2.24, 2.45) is 0 Å². The Kier molecular flexibility index (Phi) is 7.98. The van der Waals surface area contributed by atoms with Crippen molar-refractivity contribution in [3.05, 3.63) is 83.2 Å². The van der Waals surface area contributed by atoms with Crippen molar-refractivity contribution in [1.82, 2.24) is 4.90 Å². The first-order valence-corrected chi connectivity index (χ1v) is 13.7. The van der Waals surface area contributed by atoms with Crippen molar-refractivity contribution in [3.8, 4) is 16.9 Å². The molecule has 3 aromatic rings. The summed E-state index contributed by atoms with van der Waals surface area (Å²) in [5.41, 5.74) is 5.96. The van der Waals surface area contributed by atoms with Crippen LogP contribution in [0.4, 0.5) is 10.1 Å². The van der Waals surface area contributed by atoms with Crippen molar-refractivity contribution in [1.29, 1.82) is 0 Å². The molecule has 2 aliphatic heterocycles. The number of benzene rings is 3. The van der Waals surface area contributed by atoms with Crippen LogP contribution in [0.2, 0.25) is 0 Å². The molecule has 5 rings (SSSR count). The van der Waals surface area contributed by atoms with Crippen LogP contribution in [-0.2, 0) is 11.2 Å². The lowest BCUT2D eigenvalue weighted by Gasteiger charge is -2.32. The van der Waals surface area contributed by atoms with Crippen molar-refractivity contribution < 1.29 is 19.0 Å². The van der Waals surface area contributed by atoms with Crippen LogP contribution >= 0.6 is 0 Å². The zero-order chi connectivity index (χ0) is 26.6. The molecule has 2 unspecified atom stereocenters. The van der Waals surface area contributed by atoms with Gasteiger partial charge in [0.25, 0.3) is 0 Å². The van der Waals surface area contributed by atoms with E-state index in [0.29, 0.717) is 17.4 Å². The molecule has 2 saturated heterocycles. The van der Waals surface area contributed by atoms with E-state index in [0.717, 1.165) is 49.3 Å². The fourth-order valence-electron chi connectivity index (χ4n) is 6.09. The number of aryl methyl sites for hydroxylation is 1. The first kappa shape index (κ1) is 26.2. The second kappa shape index (κ2) is 11.6. The standard InChI is InChI=1S/C32H37FN2O3/c1-22-16-25(30-20-29(38-2)12-13-31(30)33)9-8-24(22)17-23-6-10-26(11-7-23)35-21-28(18-27(35)19-32(36)37)34-14-4-3-5-15-34/h6-13,16,20,27-28H,3-5,14-15,17-19,21H2,1-2H3,(H,36,37). The third-order valence-electron chi connectivity index (χ3n) is 8.20. The molecular weight excluding hydrogens is 479 g/mol. The molecule has 2 atom stereocenters. The molecule has 2 fully saturated rings. The van der Waals surface area contributed by atoms with Gasteiger partial charge in [-0.25, -0.2) is 4.39 Å². The summed E-state index contributed by atoms with van der Waals surface area (Å²) in [6.07, 6.45) is 5.64. The predicted molar refractivity (Wildman–Crippen MR) is 150 cm³/mol. The Hall–Kier alpha value is -3.38. The number of carboxylic acid groups (broad SMARTS) is 1. The van der Waals surface area contributed by atoms with Crippen LogP contribution < -0.4 is 9.64 Å². The number of anilines is 1. The summed E-state index contributed by atoms with van der Waals surface area (Å²) >= 11 is 0. The van der Waals surface area contributed by atoms with Crippen molar-refractivity contribution in [2.45, 2.75) is 57.5 Å². The quantitative estimate of drug-likeness (QED) is 0.380. The molecule has 200 valence electrons. The fourth-order valence-corrected chi connectivity index (χ4v) is 6.09. The van der Waals surface area contributed by atoms with E-state index in [-0.39, 0.29) is 18.3 Å². The van der Waals surface area contributed by atoms with Crippen molar-refractivity contribution >= 4 is 11.7 Å². The number of hydrogen-bond acceptors (Lipinski definition) is 4. The van der Waals surface area contributed by atoms with E-state index in [1.807, 2.05) is 12.1 Å². The van der Waals surface area contributed by atoms with Crippen LogP contribution in [-0.4, -0.2) is 54.8 Å². The SMILES string of the molecule is COc1ccc(F)c(-c2ccc(Cc3ccc(N4CC(N5CCCCC5)CC4CC(=O)O)cc3)c(C)c2)c1. The number of carbonyl (C=O) groups is 1. The van der Waals surface area contributed by atoms with Gasteiger partial charge in [0.05, 0.1) is 13.5 Å². The Bertz CT molecular complexity index is 1270. The van der Waals surface area contributed by atoms with Crippen LogP contribution in [0.3, 0.4) is 0 Å². The monoisotopic (exact) mass is 516 g/mol. The Morgan fingerprint density at radius 2 is 1.79 bits per heavy atom. The average molecular weight is 517 g/mol. The molecule has 0 amide bonds. The summed E-state index contributed by atoms with van der Waals surface area (Å²) in [5, 5.41) is 9.54. The summed E-state index contributed by atoms with van der Waals surface area (Å²) < 4.78 is 19.7. The minimum Gasteiger partial charge on any atom is -0.497 e. The molecule has 0 radical (unpaired) electrons. The average Bonchev–Trinajstić information content (AvgIpc) is 3.34. The highest BCUT2D eigenvalue weighted by Gasteiger charge is 2.36. The summed E-state index contributed by atoms with van der Waals surface area (Å²) in [6.45, 7) is 5.20. The Morgan fingerprint density at radius 1 is 1.03 bits per heavy atom. The zero-order valence-electron chi connectivity index (χ0n) is 22.3. The minimum absolute atomic E-state index is 0.0251. The lowest BCUT2D eigenvalue weighted by atomic mass is 9.95. The van der Waals surface area contributed by atoms with Crippen LogP contribution in [0.5, 0.6) is 5.75 Å². The van der Waals surface area contributed by atoms with Gasteiger partial charge < -0.3 is 14.7 Å². The highest BCUT2D eigenvalue weighted by Crippen LogP contribution is 2.33. The largest absolute Gasteiger partial charge is 0.497 e. The van der Waals surface area contributed by atoms with Crippen LogP contribution in [0, 0.1) is 12.7 Å². The van der Waals surface area contributed by atoms with E-state index in [1.54, 1.807) is 19.2 Å². The van der Waals surface area contributed by atoms with Gasteiger partial charge >= 0.3 is 5.97 Å². The van der Waals surface area contributed by atoms with E-state index >= 15 is 0 Å². The lowest BCUT2D eigenvalue weighted by molar-refractivity contribution is -0.137. The van der Waals surface area contributed by atoms with Crippen molar-refractivity contribution in [3.63, 3.8) is 0 Å². The summed E-state index contributed by atoms with van der Waals surface area (Å²) in [6, 6.07) is 19.9. The van der Waals surface area contributed by atoms with Crippen LogP contribution in [0.15, 0.2) is 60.7 Å². The lowest BCUT2D eigenvalue weighted by Crippen LogP contribution is -2.40. The molecule has 2 aliphatic rings. The highest BCUT2D eigenvalue weighted by atomic mass is 19.1. The summed E-state index contributed by atoms with van der Waals surface area (Å²) in [7, 11) is 1.58. The molecule has 2 heterocycles. The van der Waals surface area contributed by atoms with E-state index in [9.17, 15) is 14.3 Å². The first-order chi connectivity index (χ1) is 18.4. The number of likely N-dealkylation sites (tertiary alicyclic amines) is 1. The number of piperidine rings is 1. The molecule has 0 saturated carbocycles. The molecule has 0 bridgehead atoms. The maximum atomic E-state index is 14.5. The van der Waals surface area contributed by atoms with E-state index < -0.39 is 5.97 Å². The maximum Gasteiger partial charge on any atom is 0.305 e. The number of carboxylic acids is 1. The molecule has 0 aliphatic carbocycles. The number of aliphatic carboxylic acids is 1. The first-order valence-electron chi connectivity index (χ1n) is 13.7. The van der Waals surface area contributed by atoms with Gasteiger partial charge in [-0.15, -0.1) is 0 Å². The summed E-state index contributed by atoms with van der Waals surface area (Å²) in [4.78, 5) is 16.5. The smallest absolute Gasteiger partial charge is 0.305 e. The zero-order valence-corrected chi connectivity index (χ0v) is 22.3. The van der Waals surface area contributed by atoms with E-state index in [1.165, 1.54) is 36.5 Å². The van der Waals surface area contributed by atoms with Gasteiger partial charge in [-0.3, -0.25) is 9.69 Å². The topological polar surface area (TPSA) is 53.0 Å². The number of methoxy groups -OCH3 is 1. The second-order valence-electron chi connectivity index (χ2n) is 10.7. The number of nitrogens with zero attached hydrogens (tertiary/aromatic N) is 2. The van der Waals surface area contributed by atoms with E-state index in [4.69, 9.17) is 4.74 Å². The maximum absolute atomic E-state index is 14.5. The van der Waals surface area contributed by atoms with Gasteiger partial charge in [-0.05, 0) is 98.3 Å². The number of ether oxygens (including phenoxy) is 1. The van der Waals surface area contributed by atoms with Crippen LogP contribution in [0.25, 0.3) is 11.1 Å². The predicted octanol–water partition coefficient (Wildman–Crippen LogP) is 6.31. The van der Waals surface area contributed by atoms with Gasteiger partial charge in [0, 0.05) is 29.9 Å².